The highest BCUT2D eigenvalue weighted by atomic mass is 35.5. The molecule has 2 amide bonds. The number of hydrogen-bond acceptors (Lipinski definition) is 4. The Labute approximate surface area is 138 Å². The molecule has 1 aromatic carbocycles. The summed E-state index contributed by atoms with van der Waals surface area (Å²) in [6.07, 6.45) is 1.36. The van der Waals surface area contributed by atoms with E-state index in [0.717, 1.165) is 16.5 Å². The van der Waals surface area contributed by atoms with E-state index in [9.17, 15) is 9.59 Å². The van der Waals surface area contributed by atoms with Gasteiger partial charge in [0, 0.05) is 17.0 Å². The third kappa shape index (κ3) is 4.50. The Kier molecular flexibility index (Phi) is 5.28. The molecule has 0 bridgehead atoms. The number of halogens is 1. The Hall–Kier alpha value is -2.47. The van der Waals surface area contributed by atoms with Gasteiger partial charge < -0.3 is 5.32 Å². The molecule has 1 heterocycles. The van der Waals surface area contributed by atoms with Crippen molar-refractivity contribution >= 4 is 40.5 Å². The first-order valence-electron chi connectivity index (χ1n) is 7.07. The molecular formula is C16H17ClN4O2. The smallest absolute Gasteiger partial charge is 0.329 e. The van der Waals surface area contributed by atoms with Gasteiger partial charge in [-0.2, -0.15) is 5.10 Å². The molecule has 0 saturated carbocycles. The highest BCUT2D eigenvalue weighted by Crippen LogP contribution is 2.20. The van der Waals surface area contributed by atoms with Crippen LogP contribution in [-0.4, -0.2) is 29.1 Å². The lowest BCUT2D eigenvalue weighted by molar-refractivity contribution is -0.139. The van der Waals surface area contributed by atoms with E-state index in [0.29, 0.717) is 5.56 Å². The highest BCUT2D eigenvalue weighted by molar-refractivity contribution is 6.35. The SMILES string of the molecule is Cc1ccc2cc(/C=N\NC(=O)C(=O)NC(C)C)c(Cl)nc2c1. The maximum Gasteiger partial charge on any atom is 0.329 e. The number of hydrazone groups is 1. The first-order valence-corrected chi connectivity index (χ1v) is 7.45. The maximum absolute atomic E-state index is 11.5. The van der Waals surface area contributed by atoms with E-state index in [1.54, 1.807) is 13.8 Å². The van der Waals surface area contributed by atoms with Crippen molar-refractivity contribution in [1.82, 2.24) is 15.7 Å². The van der Waals surface area contributed by atoms with Crippen molar-refractivity contribution in [2.45, 2.75) is 26.8 Å². The van der Waals surface area contributed by atoms with Gasteiger partial charge in [-0.3, -0.25) is 9.59 Å². The quantitative estimate of drug-likeness (QED) is 0.391. The van der Waals surface area contributed by atoms with Crippen LogP contribution >= 0.6 is 11.6 Å². The fourth-order valence-corrected chi connectivity index (χ4v) is 2.09. The molecule has 0 unspecified atom stereocenters. The number of rotatable bonds is 3. The minimum Gasteiger partial charge on any atom is -0.346 e. The molecule has 0 fully saturated rings. The van der Waals surface area contributed by atoms with Crippen LogP contribution in [0.2, 0.25) is 5.15 Å². The van der Waals surface area contributed by atoms with Gasteiger partial charge in [-0.05, 0) is 38.5 Å². The minimum absolute atomic E-state index is 0.125. The van der Waals surface area contributed by atoms with E-state index in [4.69, 9.17) is 11.6 Å². The summed E-state index contributed by atoms with van der Waals surface area (Å²) in [5, 5.41) is 7.39. The number of benzene rings is 1. The lowest BCUT2D eigenvalue weighted by Crippen LogP contribution is -2.41. The van der Waals surface area contributed by atoms with Crippen molar-refractivity contribution in [1.29, 1.82) is 0 Å². The van der Waals surface area contributed by atoms with Gasteiger partial charge in [0.25, 0.3) is 0 Å². The van der Waals surface area contributed by atoms with Crippen molar-refractivity contribution < 1.29 is 9.59 Å². The van der Waals surface area contributed by atoms with E-state index in [1.807, 2.05) is 31.2 Å². The van der Waals surface area contributed by atoms with Crippen LogP contribution in [0, 0.1) is 6.92 Å². The predicted molar refractivity (Wildman–Crippen MR) is 90.5 cm³/mol. The fourth-order valence-electron chi connectivity index (χ4n) is 1.90. The van der Waals surface area contributed by atoms with Gasteiger partial charge in [0.15, 0.2) is 0 Å². The molecule has 0 saturated heterocycles. The number of aryl methyl sites for hydroxylation is 1. The molecule has 0 aliphatic heterocycles. The zero-order valence-electron chi connectivity index (χ0n) is 13.1. The number of amides is 2. The van der Waals surface area contributed by atoms with Gasteiger partial charge in [0.1, 0.15) is 5.15 Å². The second kappa shape index (κ2) is 7.19. The average molecular weight is 333 g/mol. The van der Waals surface area contributed by atoms with Crippen molar-refractivity contribution in [2.75, 3.05) is 0 Å². The Morgan fingerprint density at radius 3 is 2.70 bits per heavy atom. The summed E-state index contributed by atoms with van der Waals surface area (Å²) in [5.41, 5.74) is 4.57. The fraction of sp³-hybridized carbons (Fsp3) is 0.250. The molecule has 6 nitrogen and oxygen atoms in total. The number of pyridine rings is 1. The van der Waals surface area contributed by atoms with Gasteiger partial charge in [-0.15, -0.1) is 0 Å². The van der Waals surface area contributed by atoms with Crippen molar-refractivity contribution in [3.8, 4) is 0 Å². The molecule has 0 aliphatic carbocycles. The van der Waals surface area contributed by atoms with Gasteiger partial charge in [0.2, 0.25) is 0 Å². The second-order valence-corrected chi connectivity index (χ2v) is 5.75. The molecule has 2 N–H and O–H groups in total. The van der Waals surface area contributed by atoms with Crippen LogP contribution < -0.4 is 10.7 Å². The first-order chi connectivity index (χ1) is 10.9. The van der Waals surface area contributed by atoms with E-state index in [1.165, 1.54) is 6.21 Å². The molecular weight excluding hydrogens is 316 g/mol. The maximum atomic E-state index is 11.5. The molecule has 0 atom stereocenters. The minimum atomic E-state index is -0.838. The van der Waals surface area contributed by atoms with Gasteiger partial charge in [-0.25, -0.2) is 10.4 Å². The number of aromatic nitrogens is 1. The number of nitrogens with one attached hydrogen (secondary N) is 2. The Balaban J connectivity index is 2.12. The van der Waals surface area contributed by atoms with Crippen molar-refractivity contribution in [3.63, 3.8) is 0 Å². The summed E-state index contributed by atoms with van der Waals surface area (Å²) in [7, 11) is 0. The van der Waals surface area contributed by atoms with Gasteiger partial charge in [-0.1, -0.05) is 23.7 Å². The number of carbonyl (C=O) groups excluding carboxylic acids is 2. The van der Waals surface area contributed by atoms with Crippen LogP contribution in [0.5, 0.6) is 0 Å². The van der Waals surface area contributed by atoms with Crippen LogP contribution in [0.25, 0.3) is 10.9 Å². The van der Waals surface area contributed by atoms with Crippen LogP contribution in [0.15, 0.2) is 29.4 Å². The van der Waals surface area contributed by atoms with Crippen LogP contribution in [-0.2, 0) is 9.59 Å². The average Bonchev–Trinajstić information content (AvgIpc) is 2.47. The third-order valence-electron chi connectivity index (χ3n) is 2.95. The summed E-state index contributed by atoms with van der Waals surface area (Å²) < 4.78 is 0. The standard InChI is InChI=1S/C16H17ClN4O2/c1-9(2)19-15(22)16(23)21-18-8-12-7-11-5-4-10(3)6-13(11)20-14(12)17/h4-9H,1-3H3,(H,19,22)(H,21,23)/b18-8-. The normalized spacial score (nSPS) is 11.2. The van der Waals surface area contributed by atoms with E-state index in [2.05, 4.69) is 20.8 Å². The molecule has 120 valence electrons. The molecule has 0 aliphatic rings. The third-order valence-corrected chi connectivity index (χ3v) is 3.25. The molecule has 23 heavy (non-hydrogen) atoms. The Bertz CT molecular complexity index is 787. The first kappa shape index (κ1) is 16.9. The zero-order valence-corrected chi connectivity index (χ0v) is 13.8. The van der Waals surface area contributed by atoms with Gasteiger partial charge >= 0.3 is 11.8 Å². The zero-order chi connectivity index (χ0) is 17.0. The number of carbonyl (C=O) groups is 2. The van der Waals surface area contributed by atoms with Crippen LogP contribution in [0.4, 0.5) is 0 Å². The summed E-state index contributed by atoms with van der Waals surface area (Å²) in [6.45, 7) is 5.50. The molecule has 7 heteroatoms. The van der Waals surface area contributed by atoms with E-state index < -0.39 is 11.8 Å². The number of fused-ring (bicyclic) bond motifs is 1. The lowest BCUT2D eigenvalue weighted by atomic mass is 10.1. The molecule has 2 aromatic rings. The monoisotopic (exact) mass is 332 g/mol. The summed E-state index contributed by atoms with van der Waals surface area (Å²) >= 11 is 6.11. The second-order valence-electron chi connectivity index (χ2n) is 5.39. The van der Waals surface area contributed by atoms with Crippen LogP contribution in [0.3, 0.4) is 0 Å². The Morgan fingerprint density at radius 1 is 1.26 bits per heavy atom. The number of hydrogen-bond donors (Lipinski definition) is 2. The molecule has 1 aromatic heterocycles. The predicted octanol–water partition coefficient (Wildman–Crippen LogP) is 2.17. The van der Waals surface area contributed by atoms with E-state index in [-0.39, 0.29) is 11.2 Å². The summed E-state index contributed by atoms with van der Waals surface area (Å²) in [5.74, 6) is -1.58. The molecule has 0 spiro atoms. The Morgan fingerprint density at radius 2 is 2.00 bits per heavy atom. The highest BCUT2D eigenvalue weighted by Gasteiger charge is 2.13. The lowest BCUT2D eigenvalue weighted by Gasteiger charge is -2.06. The van der Waals surface area contributed by atoms with E-state index >= 15 is 0 Å². The number of nitrogens with zero attached hydrogens (tertiary/aromatic N) is 2. The van der Waals surface area contributed by atoms with Crippen molar-refractivity contribution in [3.05, 3.63) is 40.5 Å². The summed E-state index contributed by atoms with van der Waals surface area (Å²) in [6, 6.07) is 7.52. The molecule has 0 radical (unpaired) electrons. The van der Waals surface area contributed by atoms with Crippen molar-refractivity contribution in [2.24, 2.45) is 5.10 Å². The largest absolute Gasteiger partial charge is 0.346 e. The molecule has 2 rings (SSSR count). The van der Waals surface area contributed by atoms with Gasteiger partial charge in [0.05, 0.1) is 11.7 Å². The topological polar surface area (TPSA) is 83.5 Å². The van der Waals surface area contributed by atoms with Crippen LogP contribution in [0.1, 0.15) is 25.0 Å². The summed E-state index contributed by atoms with van der Waals surface area (Å²) in [4.78, 5) is 27.2.